The molecular formula is C15H20BrN3S. The minimum absolute atomic E-state index is 0.451. The van der Waals surface area contributed by atoms with Gasteiger partial charge >= 0.3 is 0 Å². The Morgan fingerprint density at radius 3 is 2.75 bits per heavy atom. The zero-order chi connectivity index (χ0) is 14.3. The predicted octanol–water partition coefficient (Wildman–Crippen LogP) is 2.76. The highest BCUT2D eigenvalue weighted by Crippen LogP contribution is 2.34. The third kappa shape index (κ3) is 2.59. The molecule has 3 nitrogen and oxygen atoms in total. The van der Waals surface area contributed by atoms with Crippen LogP contribution in [-0.2, 0) is 0 Å². The summed E-state index contributed by atoms with van der Waals surface area (Å²) < 4.78 is 1.09. The summed E-state index contributed by atoms with van der Waals surface area (Å²) >= 11 is 8.71. The monoisotopic (exact) mass is 353 g/mol. The van der Waals surface area contributed by atoms with Gasteiger partial charge in [-0.15, -0.1) is 0 Å². The van der Waals surface area contributed by atoms with Crippen molar-refractivity contribution in [3.05, 3.63) is 28.2 Å². The maximum Gasteiger partial charge on any atom is 0.104 e. The molecule has 2 N–H and O–H groups in total. The standard InChI is InChI=1S/C15H20BrN3S/c1-18-11-3-4-12(18)9-19(7-6-11)14-5-2-10(15(17)20)8-13(14)16/h2,5,8,11-12H,3-4,6-7,9H2,1H3,(H2,17,20). The molecule has 2 aliphatic heterocycles. The molecule has 3 rings (SSSR count). The average molecular weight is 354 g/mol. The highest BCUT2D eigenvalue weighted by molar-refractivity contribution is 9.10. The molecule has 0 aromatic heterocycles. The number of hydrogen-bond acceptors (Lipinski definition) is 3. The first-order valence-electron chi connectivity index (χ1n) is 7.12. The van der Waals surface area contributed by atoms with Crippen molar-refractivity contribution in [2.45, 2.75) is 31.3 Å². The summed E-state index contributed by atoms with van der Waals surface area (Å²) in [6, 6.07) is 7.64. The van der Waals surface area contributed by atoms with Gasteiger partial charge in [-0.3, -0.25) is 4.90 Å². The number of halogens is 1. The maximum atomic E-state index is 5.69. The van der Waals surface area contributed by atoms with Crippen LogP contribution in [0.5, 0.6) is 0 Å². The van der Waals surface area contributed by atoms with Gasteiger partial charge in [-0.1, -0.05) is 12.2 Å². The van der Waals surface area contributed by atoms with E-state index in [9.17, 15) is 0 Å². The quantitative estimate of drug-likeness (QED) is 0.828. The normalized spacial score (nSPS) is 26.6. The van der Waals surface area contributed by atoms with Crippen molar-refractivity contribution in [2.75, 3.05) is 25.0 Å². The number of benzene rings is 1. The Morgan fingerprint density at radius 2 is 2.05 bits per heavy atom. The van der Waals surface area contributed by atoms with E-state index in [0.717, 1.165) is 29.2 Å². The molecule has 0 spiro atoms. The van der Waals surface area contributed by atoms with Crippen LogP contribution in [0.25, 0.3) is 0 Å². The Balaban J connectivity index is 1.84. The van der Waals surface area contributed by atoms with Crippen LogP contribution >= 0.6 is 28.1 Å². The Hall–Kier alpha value is -0.650. The molecule has 2 heterocycles. The molecule has 2 bridgehead atoms. The maximum absolute atomic E-state index is 5.69. The highest BCUT2D eigenvalue weighted by atomic mass is 79.9. The molecule has 2 atom stereocenters. The van der Waals surface area contributed by atoms with Crippen LogP contribution in [0.1, 0.15) is 24.8 Å². The molecule has 0 amide bonds. The fourth-order valence-corrected chi connectivity index (χ4v) is 4.20. The topological polar surface area (TPSA) is 32.5 Å². The lowest BCUT2D eigenvalue weighted by molar-refractivity contribution is 0.254. The molecule has 1 aromatic carbocycles. The van der Waals surface area contributed by atoms with Crippen LogP contribution in [0.2, 0.25) is 0 Å². The van der Waals surface area contributed by atoms with Gasteiger partial charge in [0.2, 0.25) is 0 Å². The first-order valence-corrected chi connectivity index (χ1v) is 8.32. The molecule has 1 aromatic rings. The highest BCUT2D eigenvalue weighted by Gasteiger charge is 2.34. The second-order valence-corrected chi connectivity index (χ2v) is 7.11. The molecule has 2 unspecified atom stereocenters. The van der Waals surface area contributed by atoms with Gasteiger partial charge in [-0.05, 0) is 60.4 Å². The lowest BCUT2D eigenvalue weighted by Crippen LogP contribution is -2.36. The van der Waals surface area contributed by atoms with E-state index in [2.05, 4.69) is 38.8 Å². The number of likely N-dealkylation sites (N-methyl/N-ethyl adjacent to an activating group) is 1. The van der Waals surface area contributed by atoms with E-state index in [0.29, 0.717) is 11.0 Å². The van der Waals surface area contributed by atoms with Gasteiger partial charge in [0, 0.05) is 35.2 Å². The van der Waals surface area contributed by atoms with E-state index >= 15 is 0 Å². The number of thiocarbonyl (C=S) groups is 1. The third-order valence-corrected chi connectivity index (χ3v) is 5.59. The van der Waals surface area contributed by atoms with Crippen molar-refractivity contribution in [1.29, 1.82) is 0 Å². The summed E-state index contributed by atoms with van der Waals surface area (Å²) in [6.45, 7) is 2.23. The number of nitrogens with zero attached hydrogens (tertiary/aromatic N) is 2. The molecule has 0 saturated carbocycles. The second-order valence-electron chi connectivity index (χ2n) is 5.82. The fraction of sp³-hybridized carbons (Fsp3) is 0.533. The van der Waals surface area contributed by atoms with E-state index in [1.54, 1.807) is 0 Å². The number of fused-ring (bicyclic) bond motifs is 2. The molecule has 2 aliphatic rings. The Kier molecular flexibility index (Phi) is 4.02. The van der Waals surface area contributed by atoms with Crippen LogP contribution in [0.4, 0.5) is 5.69 Å². The zero-order valence-electron chi connectivity index (χ0n) is 11.7. The minimum atomic E-state index is 0.451. The first kappa shape index (κ1) is 14.3. The van der Waals surface area contributed by atoms with Gasteiger partial charge in [0.1, 0.15) is 4.99 Å². The van der Waals surface area contributed by atoms with Crippen molar-refractivity contribution in [3.8, 4) is 0 Å². The summed E-state index contributed by atoms with van der Waals surface area (Å²) in [5.74, 6) is 0. The largest absolute Gasteiger partial charge is 0.389 e. The Labute approximate surface area is 134 Å². The number of anilines is 1. The SMILES string of the molecule is CN1C2CCC1CN(c1ccc(C(N)=S)cc1Br)CC2. The molecule has 108 valence electrons. The smallest absolute Gasteiger partial charge is 0.104 e. The third-order valence-electron chi connectivity index (χ3n) is 4.72. The van der Waals surface area contributed by atoms with Gasteiger partial charge < -0.3 is 10.6 Å². The lowest BCUT2D eigenvalue weighted by Gasteiger charge is -2.28. The summed E-state index contributed by atoms with van der Waals surface area (Å²) in [6.07, 6.45) is 3.92. The minimum Gasteiger partial charge on any atom is -0.389 e. The molecule has 0 radical (unpaired) electrons. The summed E-state index contributed by atoms with van der Waals surface area (Å²) in [5.41, 5.74) is 7.87. The molecule has 0 aliphatic carbocycles. The zero-order valence-corrected chi connectivity index (χ0v) is 14.1. The van der Waals surface area contributed by atoms with Crippen molar-refractivity contribution in [3.63, 3.8) is 0 Å². The van der Waals surface area contributed by atoms with Crippen molar-refractivity contribution >= 4 is 38.8 Å². The van der Waals surface area contributed by atoms with Crippen LogP contribution in [0.15, 0.2) is 22.7 Å². The van der Waals surface area contributed by atoms with Crippen LogP contribution in [0, 0.1) is 0 Å². The number of nitrogens with two attached hydrogens (primary N) is 1. The summed E-state index contributed by atoms with van der Waals surface area (Å²) in [5, 5.41) is 0. The summed E-state index contributed by atoms with van der Waals surface area (Å²) in [4.78, 5) is 5.51. The van der Waals surface area contributed by atoms with Crippen molar-refractivity contribution < 1.29 is 0 Å². The Morgan fingerprint density at radius 1 is 1.30 bits per heavy atom. The molecule has 20 heavy (non-hydrogen) atoms. The van der Waals surface area contributed by atoms with Gasteiger partial charge in [0.05, 0.1) is 5.69 Å². The van der Waals surface area contributed by atoms with E-state index < -0.39 is 0 Å². The Bertz CT molecular complexity index is 534. The van der Waals surface area contributed by atoms with Crippen LogP contribution < -0.4 is 10.6 Å². The number of rotatable bonds is 2. The van der Waals surface area contributed by atoms with Crippen LogP contribution in [0.3, 0.4) is 0 Å². The predicted molar refractivity (Wildman–Crippen MR) is 91.4 cm³/mol. The van der Waals surface area contributed by atoms with Crippen molar-refractivity contribution in [1.82, 2.24) is 4.90 Å². The fourth-order valence-electron chi connectivity index (χ4n) is 3.44. The molecule has 5 heteroatoms. The van der Waals surface area contributed by atoms with Gasteiger partial charge in [-0.2, -0.15) is 0 Å². The van der Waals surface area contributed by atoms with E-state index in [-0.39, 0.29) is 0 Å². The van der Waals surface area contributed by atoms with E-state index in [4.69, 9.17) is 18.0 Å². The lowest BCUT2D eigenvalue weighted by atomic mass is 10.1. The first-order chi connectivity index (χ1) is 9.56. The van der Waals surface area contributed by atoms with Crippen molar-refractivity contribution in [2.24, 2.45) is 5.73 Å². The van der Waals surface area contributed by atoms with E-state index in [1.807, 2.05) is 12.1 Å². The number of hydrogen-bond donors (Lipinski definition) is 1. The molecule has 2 saturated heterocycles. The van der Waals surface area contributed by atoms with Gasteiger partial charge in [0.25, 0.3) is 0 Å². The van der Waals surface area contributed by atoms with E-state index in [1.165, 1.54) is 24.9 Å². The average Bonchev–Trinajstić information content (AvgIpc) is 2.64. The van der Waals surface area contributed by atoms with Gasteiger partial charge in [-0.25, -0.2) is 0 Å². The molecule has 2 fully saturated rings. The molecular weight excluding hydrogens is 334 g/mol. The van der Waals surface area contributed by atoms with Crippen LogP contribution in [-0.4, -0.2) is 42.1 Å². The summed E-state index contributed by atoms with van der Waals surface area (Å²) in [7, 11) is 2.27. The van der Waals surface area contributed by atoms with Gasteiger partial charge in [0.15, 0.2) is 0 Å². The second kappa shape index (κ2) is 5.62.